The van der Waals surface area contributed by atoms with Crippen molar-refractivity contribution in [1.29, 1.82) is 0 Å². The van der Waals surface area contributed by atoms with E-state index in [1.165, 1.54) is 6.33 Å². The van der Waals surface area contributed by atoms with Gasteiger partial charge in [0, 0.05) is 10.3 Å². The Balaban J connectivity index is 2.01. The van der Waals surface area contributed by atoms with Crippen molar-refractivity contribution in [1.82, 2.24) is 19.5 Å². The molecule has 0 aromatic carbocycles. The predicted octanol–water partition coefficient (Wildman–Crippen LogP) is 3.77. The van der Waals surface area contributed by atoms with Crippen LogP contribution in [0.5, 0.6) is 0 Å². The van der Waals surface area contributed by atoms with Crippen LogP contribution in [0, 0.1) is 5.92 Å². The number of alkyl halides is 1. The Morgan fingerprint density at radius 3 is 2.62 bits per heavy atom. The molecule has 3 heterocycles. The third-order valence-electron chi connectivity index (χ3n) is 5.75. The number of anilines is 1. The van der Waals surface area contributed by atoms with Gasteiger partial charge in [-0.25, -0.2) is 15.0 Å². The average molecular weight is 489 g/mol. The number of aromatic nitrogens is 4. The summed E-state index contributed by atoms with van der Waals surface area (Å²) < 4.78 is 16.1. The van der Waals surface area contributed by atoms with E-state index in [1.807, 2.05) is 4.57 Å². The summed E-state index contributed by atoms with van der Waals surface area (Å²) >= 11 is 2.38. The normalized spacial score (nSPS) is 27.3. The molecule has 1 saturated heterocycles. The Labute approximate surface area is 169 Å². The van der Waals surface area contributed by atoms with Crippen molar-refractivity contribution >= 4 is 47.9 Å². The summed E-state index contributed by atoms with van der Waals surface area (Å²) in [5.74, 6) is 0.662. The van der Waals surface area contributed by atoms with Crippen LogP contribution in [-0.2, 0) is 9.16 Å². The van der Waals surface area contributed by atoms with E-state index in [4.69, 9.17) is 14.9 Å². The van der Waals surface area contributed by atoms with Crippen LogP contribution in [-0.4, -0.2) is 44.5 Å². The van der Waals surface area contributed by atoms with E-state index in [-0.39, 0.29) is 29.4 Å². The highest BCUT2D eigenvalue weighted by Crippen LogP contribution is 2.44. The first-order valence-corrected chi connectivity index (χ1v) is 13.3. The SMILES string of the molecule is C[C@H]1[C@@H](O[Si](C)(C)C(C)(C)C)[C@H](n2cnc3c(N)ncnc32)O[C@@H]1CI. The minimum absolute atomic E-state index is 0.0516. The molecule has 2 N–H and O–H groups in total. The first kappa shape index (κ1) is 20.0. The fraction of sp³-hybridized carbons (Fsp3) is 0.706. The number of nitrogens with zero attached hydrogens (tertiary/aromatic N) is 4. The van der Waals surface area contributed by atoms with Crippen molar-refractivity contribution < 1.29 is 9.16 Å². The zero-order valence-corrected chi connectivity index (χ0v) is 19.4. The number of ether oxygens (including phenoxy) is 1. The number of fused-ring (bicyclic) bond motifs is 1. The number of hydrogen-bond donors (Lipinski definition) is 1. The van der Waals surface area contributed by atoms with Gasteiger partial charge in [0.1, 0.15) is 11.8 Å². The summed E-state index contributed by atoms with van der Waals surface area (Å²) in [5.41, 5.74) is 7.24. The van der Waals surface area contributed by atoms with Crippen LogP contribution in [0.3, 0.4) is 0 Å². The van der Waals surface area contributed by atoms with Gasteiger partial charge >= 0.3 is 0 Å². The molecule has 0 radical (unpaired) electrons. The van der Waals surface area contributed by atoms with Crippen LogP contribution in [0.25, 0.3) is 11.2 Å². The number of nitrogen functional groups attached to an aromatic ring is 1. The van der Waals surface area contributed by atoms with E-state index in [0.717, 1.165) is 4.43 Å². The smallest absolute Gasteiger partial charge is 0.192 e. The van der Waals surface area contributed by atoms with Crippen LogP contribution in [0.1, 0.15) is 33.9 Å². The van der Waals surface area contributed by atoms with Crippen molar-refractivity contribution in [3.63, 3.8) is 0 Å². The van der Waals surface area contributed by atoms with Gasteiger partial charge in [-0.05, 0) is 18.1 Å². The lowest BCUT2D eigenvalue weighted by Gasteiger charge is -2.40. The molecular weight excluding hydrogens is 461 g/mol. The molecule has 1 aliphatic heterocycles. The molecule has 144 valence electrons. The average Bonchev–Trinajstić information content (AvgIpc) is 3.09. The van der Waals surface area contributed by atoms with Gasteiger partial charge in [-0.15, -0.1) is 0 Å². The summed E-state index contributed by atoms with van der Waals surface area (Å²) in [7, 11) is -1.96. The van der Waals surface area contributed by atoms with E-state index >= 15 is 0 Å². The molecule has 0 unspecified atom stereocenters. The van der Waals surface area contributed by atoms with Gasteiger partial charge in [-0.1, -0.05) is 50.3 Å². The second-order valence-electron chi connectivity index (χ2n) is 8.50. The molecule has 0 aliphatic carbocycles. The Morgan fingerprint density at radius 2 is 2.00 bits per heavy atom. The second-order valence-corrected chi connectivity index (χ2v) is 14.1. The van der Waals surface area contributed by atoms with Gasteiger partial charge < -0.3 is 14.9 Å². The zero-order chi connectivity index (χ0) is 19.3. The van der Waals surface area contributed by atoms with E-state index in [2.05, 4.69) is 78.3 Å². The highest BCUT2D eigenvalue weighted by Gasteiger charge is 2.49. The van der Waals surface area contributed by atoms with Gasteiger partial charge in [0.05, 0.1) is 18.5 Å². The fourth-order valence-corrected chi connectivity index (χ4v) is 5.37. The molecule has 9 heteroatoms. The summed E-state index contributed by atoms with van der Waals surface area (Å²) in [6.07, 6.45) is 3.02. The van der Waals surface area contributed by atoms with Crippen LogP contribution in [0.15, 0.2) is 12.7 Å². The fourth-order valence-electron chi connectivity index (χ4n) is 2.99. The standard InChI is InChI=1S/C17H28IN5O2Si/c1-10-11(7-18)24-16(13(10)25-26(5,6)17(2,3)4)23-9-22-12-14(19)20-8-21-15(12)23/h8-11,13,16H,7H2,1-6H3,(H2,19,20,21)/t10-,11-,13-,16-/m1/s1. The monoisotopic (exact) mass is 489 g/mol. The molecule has 0 amide bonds. The lowest BCUT2D eigenvalue weighted by molar-refractivity contribution is -0.0240. The van der Waals surface area contributed by atoms with Crippen LogP contribution in [0.2, 0.25) is 18.1 Å². The first-order valence-electron chi connectivity index (χ1n) is 8.89. The Bertz CT molecular complexity index is 791. The minimum atomic E-state index is -1.96. The maximum atomic E-state index is 6.81. The van der Waals surface area contributed by atoms with E-state index in [0.29, 0.717) is 17.0 Å². The molecule has 1 aliphatic rings. The largest absolute Gasteiger partial charge is 0.409 e. The summed E-state index contributed by atoms with van der Waals surface area (Å²) in [6, 6.07) is 0. The van der Waals surface area contributed by atoms with Gasteiger partial charge in [-0.3, -0.25) is 4.57 Å². The maximum Gasteiger partial charge on any atom is 0.192 e. The molecule has 0 bridgehead atoms. The van der Waals surface area contributed by atoms with Gasteiger partial charge in [-0.2, -0.15) is 0 Å². The van der Waals surface area contributed by atoms with Gasteiger partial charge in [0.25, 0.3) is 0 Å². The van der Waals surface area contributed by atoms with Gasteiger partial charge in [0.15, 0.2) is 26.0 Å². The Morgan fingerprint density at radius 1 is 1.31 bits per heavy atom. The van der Waals surface area contributed by atoms with Crippen molar-refractivity contribution in [2.24, 2.45) is 5.92 Å². The summed E-state index contributed by atoms with van der Waals surface area (Å²) in [4.78, 5) is 12.8. The molecule has 0 saturated carbocycles. The van der Waals surface area contributed by atoms with E-state index in [9.17, 15) is 0 Å². The number of imidazole rings is 1. The van der Waals surface area contributed by atoms with Crippen molar-refractivity contribution in [3.8, 4) is 0 Å². The highest BCUT2D eigenvalue weighted by molar-refractivity contribution is 14.1. The number of hydrogen-bond acceptors (Lipinski definition) is 6. The molecular formula is C17H28IN5O2Si. The predicted molar refractivity (Wildman–Crippen MR) is 114 cm³/mol. The quantitative estimate of drug-likeness (QED) is 0.400. The highest BCUT2D eigenvalue weighted by atomic mass is 127. The van der Waals surface area contributed by atoms with Gasteiger partial charge in [0.2, 0.25) is 0 Å². The van der Waals surface area contributed by atoms with Crippen molar-refractivity contribution in [2.75, 3.05) is 10.2 Å². The molecule has 4 atom stereocenters. The molecule has 26 heavy (non-hydrogen) atoms. The lowest BCUT2D eigenvalue weighted by atomic mass is 10.0. The molecule has 2 aromatic rings. The summed E-state index contributed by atoms with van der Waals surface area (Å²) in [5, 5.41) is 0.128. The maximum absolute atomic E-state index is 6.81. The molecule has 0 spiro atoms. The van der Waals surface area contributed by atoms with Crippen LogP contribution < -0.4 is 5.73 Å². The number of rotatable bonds is 4. The van der Waals surface area contributed by atoms with E-state index in [1.54, 1.807) is 6.33 Å². The lowest BCUT2D eigenvalue weighted by Crippen LogP contribution is -2.46. The summed E-state index contributed by atoms with van der Waals surface area (Å²) in [6.45, 7) is 13.5. The molecule has 7 nitrogen and oxygen atoms in total. The molecule has 1 fully saturated rings. The van der Waals surface area contributed by atoms with Crippen molar-refractivity contribution in [3.05, 3.63) is 12.7 Å². The number of nitrogens with two attached hydrogens (primary N) is 1. The minimum Gasteiger partial charge on any atom is -0.409 e. The van der Waals surface area contributed by atoms with Crippen LogP contribution >= 0.6 is 22.6 Å². The number of halogens is 1. The zero-order valence-electron chi connectivity index (χ0n) is 16.2. The molecule has 2 aromatic heterocycles. The third kappa shape index (κ3) is 3.38. The third-order valence-corrected chi connectivity index (χ3v) is 11.1. The Kier molecular flexibility index (Phi) is 5.37. The second kappa shape index (κ2) is 6.99. The van der Waals surface area contributed by atoms with Crippen LogP contribution in [0.4, 0.5) is 5.82 Å². The van der Waals surface area contributed by atoms with Crippen molar-refractivity contribution in [2.45, 2.75) is 64.3 Å². The van der Waals surface area contributed by atoms with E-state index < -0.39 is 8.32 Å². The molecule has 3 rings (SSSR count). The Hall–Kier alpha value is -0.783. The topological polar surface area (TPSA) is 88.1 Å². The first-order chi connectivity index (χ1) is 12.1.